The van der Waals surface area contributed by atoms with Crippen LogP contribution in [-0.4, -0.2) is 17.7 Å². The summed E-state index contributed by atoms with van der Waals surface area (Å²) in [7, 11) is 0. The first-order valence-electron chi connectivity index (χ1n) is 4.40. The highest BCUT2D eigenvalue weighted by atomic mass is 16.5. The Morgan fingerprint density at radius 1 is 1.60 bits per heavy atom. The normalized spacial score (nSPS) is 8.87. The lowest BCUT2D eigenvalue weighted by Crippen LogP contribution is -1.99. The van der Waals surface area contributed by atoms with E-state index in [2.05, 4.69) is 16.6 Å². The molecule has 0 aliphatic rings. The zero-order valence-corrected chi connectivity index (χ0v) is 8.28. The van der Waals surface area contributed by atoms with Gasteiger partial charge in [0.2, 0.25) is 0 Å². The summed E-state index contributed by atoms with van der Waals surface area (Å²) in [5.74, 6) is 4.30. The molecule has 0 saturated heterocycles. The Balaban J connectivity index is 2.80. The van der Waals surface area contributed by atoms with Crippen LogP contribution in [0.2, 0.25) is 0 Å². The van der Waals surface area contributed by atoms with Gasteiger partial charge in [0.1, 0.15) is 5.75 Å². The zero-order valence-electron chi connectivity index (χ0n) is 8.28. The van der Waals surface area contributed by atoms with Crippen LogP contribution in [0.4, 0.5) is 5.69 Å². The van der Waals surface area contributed by atoms with Gasteiger partial charge in [0.15, 0.2) is 0 Å². The summed E-state index contributed by atoms with van der Waals surface area (Å²) in [6.45, 7) is 2.00. The molecule has 15 heavy (non-hydrogen) atoms. The van der Waals surface area contributed by atoms with Gasteiger partial charge in [-0.15, -0.1) is 0 Å². The van der Waals surface area contributed by atoms with E-state index in [1.165, 1.54) is 12.1 Å². The number of phenolic OH excluding ortho intramolecular Hbond substituents is 1. The Labute approximate surface area is 87.7 Å². The molecule has 4 nitrogen and oxygen atoms in total. The van der Waals surface area contributed by atoms with E-state index < -0.39 is 5.97 Å². The highest BCUT2D eigenvalue weighted by Gasteiger charge is 1.97. The number of hydrogen-bond acceptors (Lipinski definition) is 4. The highest BCUT2D eigenvalue weighted by molar-refractivity contribution is 5.89. The lowest BCUT2D eigenvalue weighted by atomic mass is 10.2. The maximum absolute atomic E-state index is 10.9. The second-order valence-corrected chi connectivity index (χ2v) is 2.74. The predicted octanol–water partition coefficient (Wildman–Crippen LogP) is 0.889. The van der Waals surface area contributed by atoms with Crippen molar-refractivity contribution >= 4 is 11.7 Å². The van der Waals surface area contributed by atoms with Gasteiger partial charge in [0.25, 0.3) is 0 Å². The Bertz CT molecular complexity index is 429. The second-order valence-electron chi connectivity index (χ2n) is 2.74. The van der Waals surface area contributed by atoms with Gasteiger partial charge in [-0.3, -0.25) is 0 Å². The molecule has 0 amide bonds. The van der Waals surface area contributed by atoms with Gasteiger partial charge in [0, 0.05) is 11.5 Å². The number of benzene rings is 1. The molecule has 0 atom stereocenters. The number of carbonyl (C=O) groups excluding carboxylic acids is 1. The van der Waals surface area contributed by atoms with Crippen LogP contribution in [-0.2, 0) is 9.53 Å². The van der Waals surface area contributed by atoms with E-state index in [1.807, 2.05) is 0 Å². The Hall–Kier alpha value is -2.15. The molecule has 3 N–H and O–H groups in total. The molecule has 0 spiro atoms. The van der Waals surface area contributed by atoms with Gasteiger partial charge < -0.3 is 15.6 Å². The minimum Gasteiger partial charge on any atom is -0.506 e. The number of hydrogen-bond donors (Lipinski definition) is 2. The quantitative estimate of drug-likeness (QED) is 0.309. The number of aromatic hydroxyl groups is 1. The molecule has 0 heterocycles. The van der Waals surface area contributed by atoms with Crippen molar-refractivity contribution in [2.75, 3.05) is 12.3 Å². The molecule has 0 fully saturated rings. The summed E-state index contributed by atoms with van der Waals surface area (Å²) in [5.41, 5.74) is 6.23. The first-order valence-corrected chi connectivity index (χ1v) is 4.40. The van der Waals surface area contributed by atoms with Crippen LogP contribution < -0.4 is 5.73 Å². The summed E-state index contributed by atoms with van der Waals surface area (Å²) in [6, 6.07) is 4.48. The number of nitrogens with two attached hydrogens (primary N) is 1. The predicted molar refractivity (Wildman–Crippen MR) is 56.0 cm³/mol. The summed E-state index contributed by atoms with van der Waals surface area (Å²) >= 11 is 0. The largest absolute Gasteiger partial charge is 0.506 e. The van der Waals surface area contributed by atoms with Crippen molar-refractivity contribution in [3.63, 3.8) is 0 Å². The first kappa shape index (κ1) is 10.9. The van der Waals surface area contributed by atoms with Gasteiger partial charge >= 0.3 is 5.97 Å². The fraction of sp³-hybridized carbons (Fsp3) is 0.182. The molecule has 0 unspecified atom stereocenters. The van der Waals surface area contributed by atoms with E-state index in [9.17, 15) is 4.79 Å². The molecule has 0 aliphatic heterocycles. The van der Waals surface area contributed by atoms with Gasteiger partial charge in [0.05, 0.1) is 12.3 Å². The smallest absolute Gasteiger partial charge is 0.384 e. The van der Waals surface area contributed by atoms with Crippen molar-refractivity contribution in [3.8, 4) is 17.6 Å². The third-order valence-corrected chi connectivity index (χ3v) is 1.61. The van der Waals surface area contributed by atoms with Crippen molar-refractivity contribution < 1.29 is 14.6 Å². The standard InChI is InChI=1S/C11H11NO3/c1-2-15-11(14)6-4-8-3-5-10(13)9(12)7-8/h3,5,7,13H,2,12H2,1H3. The highest BCUT2D eigenvalue weighted by Crippen LogP contribution is 2.19. The molecule has 0 aromatic heterocycles. The van der Waals surface area contributed by atoms with Crippen LogP contribution >= 0.6 is 0 Å². The van der Waals surface area contributed by atoms with E-state index in [1.54, 1.807) is 13.0 Å². The molecule has 0 radical (unpaired) electrons. The molecule has 4 heteroatoms. The average Bonchev–Trinajstić information content (AvgIpc) is 2.20. The average molecular weight is 205 g/mol. The Morgan fingerprint density at radius 3 is 2.93 bits per heavy atom. The maximum Gasteiger partial charge on any atom is 0.384 e. The van der Waals surface area contributed by atoms with E-state index in [0.717, 1.165) is 0 Å². The fourth-order valence-electron chi connectivity index (χ4n) is 0.923. The minimum atomic E-state index is -0.579. The van der Waals surface area contributed by atoms with Crippen LogP contribution in [0.15, 0.2) is 18.2 Å². The van der Waals surface area contributed by atoms with Crippen molar-refractivity contribution in [1.29, 1.82) is 0 Å². The van der Waals surface area contributed by atoms with Gasteiger partial charge in [-0.05, 0) is 25.1 Å². The number of anilines is 1. The molecule has 0 saturated carbocycles. The number of carbonyl (C=O) groups is 1. The summed E-state index contributed by atoms with van der Waals surface area (Å²) in [4.78, 5) is 10.9. The topological polar surface area (TPSA) is 72.5 Å². The number of phenols is 1. The molecular weight excluding hydrogens is 194 g/mol. The van der Waals surface area contributed by atoms with Crippen LogP contribution in [0.3, 0.4) is 0 Å². The number of ether oxygens (including phenoxy) is 1. The van der Waals surface area contributed by atoms with Crippen molar-refractivity contribution in [1.82, 2.24) is 0 Å². The molecular formula is C11H11NO3. The van der Waals surface area contributed by atoms with Gasteiger partial charge in [-0.25, -0.2) is 4.79 Å². The Kier molecular flexibility index (Phi) is 3.58. The Morgan fingerprint density at radius 2 is 2.33 bits per heavy atom. The molecule has 1 rings (SSSR count). The van der Waals surface area contributed by atoms with Gasteiger partial charge in [-0.2, -0.15) is 0 Å². The molecule has 78 valence electrons. The minimum absolute atomic E-state index is 0.00307. The summed E-state index contributed by atoms with van der Waals surface area (Å²) < 4.78 is 4.62. The van der Waals surface area contributed by atoms with Crippen molar-refractivity contribution in [2.24, 2.45) is 0 Å². The molecule has 1 aromatic rings. The molecule has 0 bridgehead atoms. The molecule has 1 aromatic carbocycles. The van der Waals surface area contributed by atoms with Crippen LogP contribution in [0.1, 0.15) is 12.5 Å². The first-order chi connectivity index (χ1) is 7.13. The maximum atomic E-state index is 10.9. The van der Waals surface area contributed by atoms with E-state index in [4.69, 9.17) is 10.8 Å². The van der Waals surface area contributed by atoms with E-state index in [-0.39, 0.29) is 11.4 Å². The zero-order chi connectivity index (χ0) is 11.3. The van der Waals surface area contributed by atoms with Crippen molar-refractivity contribution in [2.45, 2.75) is 6.92 Å². The number of rotatable bonds is 1. The van der Waals surface area contributed by atoms with Crippen LogP contribution in [0.25, 0.3) is 0 Å². The monoisotopic (exact) mass is 205 g/mol. The van der Waals surface area contributed by atoms with Crippen LogP contribution in [0, 0.1) is 11.8 Å². The van der Waals surface area contributed by atoms with E-state index >= 15 is 0 Å². The third-order valence-electron chi connectivity index (χ3n) is 1.61. The van der Waals surface area contributed by atoms with Crippen LogP contribution in [0.5, 0.6) is 5.75 Å². The third kappa shape index (κ3) is 3.24. The SMILES string of the molecule is CCOC(=O)C#Cc1ccc(O)c(N)c1. The summed E-state index contributed by atoms with van der Waals surface area (Å²) in [6.07, 6.45) is 0. The van der Waals surface area contributed by atoms with E-state index in [0.29, 0.717) is 12.2 Å². The lowest BCUT2D eigenvalue weighted by molar-refractivity contribution is -0.136. The fourth-order valence-corrected chi connectivity index (χ4v) is 0.923. The molecule has 0 aliphatic carbocycles. The van der Waals surface area contributed by atoms with Crippen molar-refractivity contribution in [3.05, 3.63) is 23.8 Å². The number of nitrogen functional groups attached to an aromatic ring is 1. The van der Waals surface area contributed by atoms with Gasteiger partial charge in [-0.1, -0.05) is 5.92 Å². The summed E-state index contributed by atoms with van der Waals surface area (Å²) in [5, 5.41) is 9.14. The number of esters is 1. The lowest BCUT2D eigenvalue weighted by Gasteiger charge is -1.97. The second kappa shape index (κ2) is 4.91.